The highest BCUT2D eigenvalue weighted by Gasteiger charge is 2.19. The lowest BCUT2D eigenvalue weighted by atomic mass is 10.0. The third-order valence-electron chi connectivity index (χ3n) is 5.16. The molecule has 0 unspecified atom stereocenters. The SMILES string of the molecule is Cc1ccccc1-c1csc2c(=O)n(C3CCCCCC3)cnc12. The van der Waals surface area contributed by atoms with Crippen molar-refractivity contribution in [2.75, 3.05) is 0 Å². The average molecular weight is 338 g/mol. The summed E-state index contributed by atoms with van der Waals surface area (Å²) in [7, 11) is 0. The summed E-state index contributed by atoms with van der Waals surface area (Å²) in [6.07, 6.45) is 9.00. The fourth-order valence-corrected chi connectivity index (χ4v) is 4.74. The number of aryl methyl sites for hydroxylation is 1. The van der Waals surface area contributed by atoms with Gasteiger partial charge in [0.25, 0.3) is 5.56 Å². The van der Waals surface area contributed by atoms with Crippen molar-refractivity contribution in [1.82, 2.24) is 9.55 Å². The molecule has 1 aliphatic carbocycles. The molecule has 1 aromatic carbocycles. The monoisotopic (exact) mass is 338 g/mol. The number of hydrogen-bond acceptors (Lipinski definition) is 3. The van der Waals surface area contributed by atoms with Crippen molar-refractivity contribution in [2.24, 2.45) is 0 Å². The topological polar surface area (TPSA) is 34.9 Å². The van der Waals surface area contributed by atoms with Gasteiger partial charge in [0, 0.05) is 17.0 Å². The maximum atomic E-state index is 13.0. The molecule has 3 nitrogen and oxygen atoms in total. The Balaban J connectivity index is 1.81. The second-order valence-corrected chi connectivity index (χ2v) is 7.62. The van der Waals surface area contributed by atoms with Crippen molar-refractivity contribution < 1.29 is 0 Å². The first kappa shape index (κ1) is 15.6. The van der Waals surface area contributed by atoms with E-state index in [1.54, 1.807) is 6.33 Å². The Bertz CT molecular complexity index is 917. The van der Waals surface area contributed by atoms with Crippen molar-refractivity contribution in [3.63, 3.8) is 0 Å². The number of fused-ring (bicyclic) bond motifs is 1. The van der Waals surface area contributed by atoms with Crippen LogP contribution in [0.1, 0.15) is 50.1 Å². The smallest absolute Gasteiger partial charge is 0.271 e. The van der Waals surface area contributed by atoms with Gasteiger partial charge in [0.1, 0.15) is 4.70 Å². The van der Waals surface area contributed by atoms with Crippen LogP contribution in [0.2, 0.25) is 0 Å². The van der Waals surface area contributed by atoms with Gasteiger partial charge in [-0.3, -0.25) is 9.36 Å². The summed E-state index contributed by atoms with van der Waals surface area (Å²) >= 11 is 1.53. The molecular weight excluding hydrogens is 316 g/mol. The van der Waals surface area contributed by atoms with Crippen molar-refractivity contribution in [1.29, 1.82) is 0 Å². The van der Waals surface area contributed by atoms with Gasteiger partial charge in [-0.25, -0.2) is 4.98 Å². The van der Waals surface area contributed by atoms with Gasteiger partial charge in [-0.1, -0.05) is 49.9 Å². The summed E-state index contributed by atoms with van der Waals surface area (Å²) in [6.45, 7) is 2.10. The lowest BCUT2D eigenvalue weighted by Crippen LogP contribution is -2.24. The van der Waals surface area contributed by atoms with Crippen molar-refractivity contribution in [3.05, 3.63) is 51.9 Å². The molecule has 4 rings (SSSR count). The highest BCUT2D eigenvalue weighted by molar-refractivity contribution is 7.17. The molecule has 4 heteroatoms. The lowest BCUT2D eigenvalue weighted by Gasteiger charge is -2.17. The second-order valence-electron chi connectivity index (χ2n) is 6.74. The van der Waals surface area contributed by atoms with Crippen molar-refractivity contribution in [3.8, 4) is 11.1 Å². The van der Waals surface area contributed by atoms with Gasteiger partial charge < -0.3 is 0 Å². The number of nitrogens with zero attached hydrogens (tertiary/aromatic N) is 2. The number of hydrogen-bond donors (Lipinski definition) is 0. The maximum Gasteiger partial charge on any atom is 0.271 e. The van der Waals surface area contributed by atoms with Gasteiger partial charge >= 0.3 is 0 Å². The number of rotatable bonds is 2. The van der Waals surface area contributed by atoms with Crippen LogP contribution in [-0.2, 0) is 0 Å². The normalized spacial score (nSPS) is 16.4. The molecule has 1 fully saturated rings. The second kappa shape index (κ2) is 6.52. The van der Waals surface area contributed by atoms with E-state index in [4.69, 9.17) is 4.98 Å². The Labute approximate surface area is 146 Å². The fraction of sp³-hybridized carbons (Fsp3) is 0.400. The lowest BCUT2D eigenvalue weighted by molar-refractivity contribution is 0.430. The molecule has 0 aliphatic heterocycles. The fourth-order valence-electron chi connectivity index (χ4n) is 3.78. The third-order valence-corrected chi connectivity index (χ3v) is 6.12. The summed E-state index contributed by atoms with van der Waals surface area (Å²) in [5, 5.41) is 2.08. The summed E-state index contributed by atoms with van der Waals surface area (Å²) in [5.74, 6) is 0. The molecule has 2 aromatic heterocycles. The molecule has 1 saturated carbocycles. The minimum absolute atomic E-state index is 0.136. The van der Waals surface area contributed by atoms with Gasteiger partial charge in [-0.2, -0.15) is 0 Å². The predicted molar refractivity (Wildman–Crippen MR) is 101 cm³/mol. The first-order valence-electron chi connectivity index (χ1n) is 8.80. The first-order chi connectivity index (χ1) is 11.8. The van der Waals surface area contributed by atoms with E-state index in [1.165, 1.54) is 48.1 Å². The zero-order valence-electron chi connectivity index (χ0n) is 14.0. The third kappa shape index (κ3) is 2.69. The van der Waals surface area contributed by atoms with E-state index in [1.807, 2.05) is 16.7 Å². The van der Waals surface area contributed by atoms with E-state index < -0.39 is 0 Å². The van der Waals surface area contributed by atoms with Crippen LogP contribution < -0.4 is 5.56 Å². The summed E-state index contributed by atoms with van der Waals surface area (Å²) in [4.78, 5) is 17.7. The van der Waals surface area contributed by atoms with Crippen LogP contribution >= 0.6 is 11.3 Å². The van der Waals surface area contributed by atoms with Crippen LogP contribution in [-0.4, -0.2) is 9.55 Å². The molecular formula is C20H22N2OS. The Hall–Kier alpha value is -1.94. The number of aromatic nitrogens is 2. The number of benzene rings is 1. The van der Waals surface area contributed by atoms with Crippen LogP contribution in [0.15, 0.2) is 40.8 Å². The summed E-state index contributed by atoms with van der Waals surface area (Å²) in [5.41, 5.74) is 4.45. The predicted octanol–water partition coefficient (Wildman–Crippen LogP) is 5.33. The molecule has 0 saturated heterocycles. The van der Waals surface area contributed by atoms with E-state index >= 15 is 0 Å². The van der Waals surface area contributed by atoms with Crippen LogP contribution in [0.25, 0.3) is 21.3 Å². The van der Waals surface area contributed by atoms with Crippen LogP contribution in [0.4, 0.5) is 0 Å². The molecule has 0 spiro atoms. The van der Waals surface area contributed by atoms with Crippen molar-refractivity contribution in [2.45, 2.75) is 51.5 Å². The first-order valence-corrected chi connectivity index (χ1v) is 9.68. The van der Waals surface area contributed by atoms with E-state index in [2.05, 4.69) is 24.4 Å². The Morgan fingerprint density at radius 2 is 1.83 bits per heavy atom. The zero-order valence-corrected chi connectivity index (χ0v) is 14.8. The maximum absolute atomic E-state index is 13.0. The standard InChI is InChI=1S/C20H22N2OS/c1-14-8-6-7-11-16(14)17-12-24-19-18(17)21-13-22(20(19)23)15-9-4-2-3-5-10-15/h6-8,11-13,15H,2-5,9-10H2,1H3. The summed E-state index contributed by atoms with van der Waals surface area (Å²) in [6, 6.07) is 8.61. The van der Waals surface area contributed by atoms with Crippen LogP contribution in [0.5, 0.6) is 0 Å². The Morgan fingerprint density at radius 1 is 1.08 bits per heavy atom. The van der Waals surface area contributed by atoms with E-state index in [9.17, 15) is 4.79 Å². The van der Waals surface area contributed by atoms with Crippen molar-refractivity contribution >= 4 is 21.6 Å². The van der Waals surface area contributed by atoms with Crippen LogP contribution in [0, 0.1) is 6.92 Å². The minimum atomic E-state index is 0.136. The minimum Gasteiger partial charge on any atom is -0.295 e. The van der Waals surface area contributed by atoms with E-state index in [0.717, 1.165) is 28.6 Å². The van der Waals surface area contributed by atoms with Gasteiger partial charge in [0.2, 0.25) is 0 Å². The van der Waals surface area contributed by atoms with Gasteiger partial charge in [-0.15, -0.1) is 11.3 Å². The average Bonchev–Trinajstić information content (AvgIpc) is 2.84. The van der Waals surface area contributed by atoms with Gasteiger partial charge in [0.15, 0.2) is 0 Å². The zero-order chi connectivity index (χ0) is 16.5. The highest BCUT2D eigenvalue weighted by Crippen LogP contribution is 2.33. The molecule has 24 heavy (non-hydrogen) atoms. The largest absolute Gasteiger partial charge is 0.295 e. The molecule has 0 N–H and O–H groups in total. The molecule has 0 atom stereocenters. The van der Waals surface area contributed by atoms with Crippen LogP contribution in [0.3, 0.4) is 0 Å². The molecule has 0 radical (unpaired) electrons. The van der Waals surface area contributed by atoms with E-state index in [-0.39, 0.29) is 5.56 Å². The summed E-state index contributed by atoms with van der Waals surface area (Å²) < 4.78 is 2.69. The van der Waals surface area contributed by atoms with E-state index in [0.29, 0.717) is 6.04 Å². The Kier molecular flexibility index (Phi) is 4.23. The molecule has 0 amide bonds. The molecule has 1 aliphatic rings. The highest BCUT2D eigenvalue weighted by atomic mass is 32.1. The molecule has 3 aromatic rings. The van der Waals surface area contributed by atoms with Gasteiger partial charge in [-0.05, 0) is 30.9 Å². The molecule has 124 valence electrons. The molecule has 2 heterocycles. The molecule has 0 bridgehead atoms. The quantitative estimate of drug-likeness (QED) is 0.592. The Morgan fingerprint density at radius 3 is 2.58 bits per heavy atom. The number of thiophene rings is 1. The van der Waals surface area contributed by atoms with Gasteiger partial charge in [0.05, 0.1) is 11.8 Å².